The van der Waals surface area contributed by atoms with Gasteiger partial charge in [-0.1, -0.05) is 38.1 Å². The van der Waals surface area contributed by atoms with E-state index in [-0.39, 0.29) is 23.5 Å². The Balaban J connectivity index is 0.00000186. The molecule has 0 aliphatic carbocycles. The number of benzene rings is 2. The number of nitrogen functional groups attached to an aromatic ring is 1. The molecule has 37 heavy (non-hydrogen) atoms. The number of aromatic nitrogens is 2. The molecule has 1 aliphatic rings. The standard InChI is InChI=1S/C26H28N6O3.C2H6/c1-34-15-5-8-22(33)32-14-13-19(16-32)31-26-23(25(28)29-17-30-26)24(27)18-9-11-21(12-10-18)35-20-6-3-2-4-7-20;1-2/h2-12,17,19,27H,13-16H2,1H3,(H3,28,29,30,31);1-2H3/b8-5+,27-24?;. The number of para-hydroxylation sites is 1. The van der Waals surface area contributed by atoms with Crippen LogP contribution < -0.4 is 15.8 Å². The molecule has 1 aliphatic heterocycles. The summed E-state index contributed by atoms with van der Waals surface area (Å²) < 4.78 is 10.8. The first-order valence-electron chi connectivity index (χ1n) is 12.3. The lowest BCUT2D eigenvalue weighted by Crippen LogP contribution is -2.31. The van der Waals surface area contributed by atoms with Crippen LogP contribution in [0.4, 0.5) is 11.6 Å². The van der Waals surface area contributed by atoms with Crippen LogP contribution in [0.3, 0.4) is 0 Å². The van der Waals surface area contributed by atoms with Crippen molar-refractivity contribution in [3.05, 3.63) is 84.2 Å². The molecule has 9 heteroatoms. The molecule has 4 N–H and O–H groups in total. The maximum Gasteiger partial charge on any atom is 0.246 e. The zero-order chi connectivity index (χ0) is 26.6. The lowest BCUT2D eigenvalue weighted by molar-refractivity contribution is -0.125. The molecular formula is C28H34N6O3. The van der Waals surface area contributed by atoms with Gasteiger partial charge in [0, 0.05) is 37.9 Å². The second-order valence-electron chi connectivity index (χ2n) is 8.07. The lowest BCUT2D eigenvalue weighted by atomic mass is 10.0. The Morgan fingerprint density at radius 2 is 1.84 bits per heavy atom. The number of nitrogens with one attached hydrogen (secondary N) is 2. The quantitative estimate of drug-likeness (QED) is 0.290. The molecular weight excluding hydrogens is 468 g/mol. The van der Waals surface area contributed by atoms with Crippen LogP contribution in [0.5, 0.6) is 11.5 Å². The Kier molecular flexibility index (Phi) is 10.2. The molecule has 9 nitrogen and oxygen atoms in total. The number of rotatable bonds is 9. The van der Waals surface area contributed by atoms with Gasteiger partial charge in [0.05, 0.1) is 17.9 Å². The fourth-order valence-electron chi connectivity index (χ4n) is 3.84. The summed E-state index contributed by atoms with van der Waals surface area (Å²) in [6.07, 6.45) is 5.35. The Labute approximate surface area is 217 Å². The maximum absolute atomic E-state index is 12.3. The van der Waals surface area contributed by atoms with Crippen molar-refractivity contribution in [1.82, 2.24) is 14.9 Å². The van der Waals surface area contributed by atoms with E-state index in [1.807, 2.05) is 56.3 Å². The normalized spacial score (nSPS) is 14.7. The van der Waals surface area contributed by atoms with Gasteiger partial charge < -0.3 is 25.4 Å². The predicted molar refractivity (Wildman–Crippen MR) is 146 cm³/mol. The summed E-state index contributed by atoms with van der Waals surface area (Å²) in [7, 11) is 1.58. The van der Waals surface area contributed by atoms with Gasteiger partial charge in [0.1, 0.15) is 29.5 Å². The minimum Gasteiger partial charge on any atom is -0.457 e. The van der Waals surface area contributed by atoms with Crippen LogP contribution in [0.2, 0.25) is 0 Å². The van der Waals surface area contributed by atoms with Gasteiger partial charge in [0.25, 0.3) is 0 Å². The van der Waals surface area contributed by atoms with E-state index in [0.29, 0.717) is 42.4 Å². The van der Waals surface area contributed by atoms with Crippen LogP contribution in [0.15, 0.2) is 73.1 Å². The lowest BCUT2D eigenvalue weighted by Gasteiger charge is -2.18. The van der Waals surface area contributed by atoms with Gasteiger partial charge in [-0.3, -0.25) is 10.2 Å². The van der Waals surface area contributed by atoms with Crippen LogP contribution in [0, 0.1) is 5.41 Å². The smallest absolute Gasteiger partial charge is 0.246 e. The maximum atomic E-state index is 12.3. The number of carbonyl (C=O) groups is 1. The van der Waals surface area contributed by atoms with E-state index in [1.165, 1.54) is 12.4 Å². The van der Waals surface area contributed by atoms with E-state index < -0.39 is 0 Å². The van der Waals surface area contributed by atoms with Gasteiger partial charge >= 0.3 is 0 Å². The summed E-state index contributed by atoms with van der Waals surface area (Å²) in [5.41, 5.74) is 7.45. The van der Waals surface area contributed by atoms with Crippen molar-refractivity contribution in [2.45, 2.75) is 26.3 Å². The van der Waals surface area contributed by atoms with Gasteiger partial charge in [-0.25, -0.2) is 9.97 Å². The average molecular weight is 503 g/mol. The Morgan fingerprint density at radius 3 is 2.54 bits per heavy atom. The van der Waals surface area contributed by atoms with E-state index in [2.05, 4.69) is 15.3 Å². The van der Waals surface area contributed by atoms with Crippen molar-refractivity contribution < 1.29 is 14.3 Å². The minimum atomic E-state index is -0.0562. The zero-order valence-electron chi connectivity index (χ0n) is 21.5. The fourth-order valence-corrected chi connectivity index (χ4v) is 3.84. The van der Waals surface area contributed by atoms with Crippen LogP contribution in [0.25, 0.3) is 0 Å². The molecule has 1 atom stereocenters. The molecule has 1 aromatic heterocycles. The van der Waals surface area contributed by atoms with Gasteiger partial charge in [0.15, 0.2) is 0 Å². The SMILES string of the molecule is CC.COC/C=C/C(=O)N1CCC(Nc2ncnc(N)c2C(=N)c2ccc(Oc3ccccc3)cc2)C1. The summed E-state index contributed by atoms with van der Waals surface area (Å²) >= 11 is 0. The largest absolute Gasteiger partial charge is 0.457 e. The molecule has 0 spiro atoms. The van der Waals surface area contributed by atoms with Crippen LogP contribution >= 0.6 is 0 Å². The molecule has 0 saturated carbocycles. The first-order valence-corrected chi connectivity index (χ1v) is 12.3. The van der Waals surface area contributed by atoms with E-state index in [1.54, 1.807) is 30.2 Å². The highest BCUT2D eigenvalue weighted by Gasteiger charge is 2.27. The summed E-state index contributed by atoms with van der Waals surface area (Å²) in [4.78, 5) is 22.6. The summed E-state index contributed by atoms with van der Waals surface area (Å²) in [6.45, 7) is 5.55. The van der Waals surface area contributed by atoms with E-state index in [0.717, 1.165) is 12.2 Å². The zero-order valence-corrected chi connectivity index (χ0v) is 21.5. The number of hydrogen-bond acceptors (Lipinski definition) is 8. The van der Waals surface area contributed by atoms with Crippen molar-refractivity contribution in [1.29, 1.82) is 5.41 Å². The minimum absolute atomic E-state index is 0.0164. The highest BCUT2D eigenvalue weighted by atomic mass is 16.5. The monoisotopic (exact) mass is 502 g/mol. The number of likely N-dealkylation sites (tertiary alicyclic amines) is 1. The van der Waals surface area contributed by atoms with Crippen molar-refractivity contribution >= 4 is 23.3 Å². The van der Waals surface area contributed by atoms with Gasteiger partial charge in [0.2, 0.25) is 5.91 Å². The summed E-state index contributed by atoms with van der Waals surface area (Å²) in [5, 5.41) is 12.2. The van der Waals surface area contributed by atoms with Crippen molar-refractivity contribution in [3.8, 4) is 11.5 Å². The Morgan fingerprint density at radius 1 is 1.14 bits per heavy atom. The number of hydrogen-bond donors (Lipinski definition) is 3. The van der Waals surface area contributed by atoms with E-state index in [9.17, 15) is 4.79 Å². The third-order valence-corrected chi connectivity index (χ3v) is 5.61. The first kappa shape index (κ1) is 27.3. The van der Waals surface area contributed by atoms with Gasteiger partial charge in [-0.15, -0.1) is 0 Å². The summed E-state index contributed by atoms with van der Waals surface area (Å²) in [6, 6.07) is 16.7. The predicted octanol–water partition coefficient (Wildman–Crippen LogP) is 4.51. The van der Waals surface area contributed by atoms with Gasteiger partial charge in [-0.05, 0) is 42.8 Å². The van der Waals surface area contributed by atoms with Crippen LogP contribution in [0.1, 0.15) is 31.4 Å². The molecule has 1 unspecified atom stereocenters. The highest BCUT2D eigenvalue weighted by Crippen LogP contribution is 2.26. The topological polar surface area (TPSA) is 126 Å². The highest BCUT2D eigenvalue weighted by molar-refractivity contribution is 6.16. The second kappa shape index (κ2) is 13.7. The number of amides is 1. The molecule has 1 fully saturated rings. The molecule has 2 heterocycles. The third-order valence-electron chi connectivity index (χ3n) is 5.61. The fraction of sp³-hybridized carbons (Fsp3) is 0.286. The molecule has 1 amide bonds. The molecule has 4 rings (SSSR count). The number of nitrogens with zero attached hydrogens (tertiary/aromatic N) is 3. The molecule has 194 valence electrons. The van der Waals surface area contributed by atoms with Crippen molar-refractivity contribution in [2.75, 3.05) is 37.9 Å². The molecule has 0 bridgehead atoms. The first-order chi connectivity index (χ1) is 18.0. The Hall–Kier alpha value is -4.24. The molecule has 1 saturated heterocycles. The summed E-state index contributed by atoms with van der Waals surface area (Å²) in [5.74, 6) is 2.03. The van der Waals surface area contributed by atoms with E-state index in [4.69, 9.17) is 20.6 Å². The number of carbonyl (C=O) groups excluding carboxylic acids is 1. The number of ether oxygens (including phenoxy) is 2. The number of anilines is 2. The third kappa shape index (κ3) is 7.37. The second-order valence-corrected chi connectivity index (χ2v) is 8.07. The van der Waals surface area contributed by atoms with Crippen LogP contribution in [-0.4, -0.2) is 59.3 Å². The van der Waals surface area contributed by atoms with Gasteiger partial charge in [-0.2, -0.15) is 0 Å². The molecule has 2 aromatic carbocycles. The van der Waals surface area contributed by atoms with Crippen LogP contribution in [-0.2, 0) is 9.53 Å². The molecule has 0 radical (unpaired) electrons. The average Bonchev–Trinajstić information content (AvgIpc) is 3.39. The number of nitrogens with two attached hydrogens (primary N) is 1. The van der Waals surface area contributed by atoms with Crippen molar-refractivity contribution in [2.24, 2.45) is 0 Å². The number of methoxy groups -OCH3 is 1. The Bertz CT molecular complexity index is 1200. The molecule has 3 aromatic rings. The van der Waals surface area contributed by atoms with E-state index >= 15 is 0 Å². The van der Waals surface area contributed by atoms with Crippen molar-refractivity contribution in [3.63, 3.8) is 0 Å².